The number of methoxy groups -OCH3 is 1. The lowest BCUT2D eigenvalue weighted by molar-refractivity contribution is -0.127. The highest BCUT2D eigenvalue weighted by Crippen LogP contribution is 2.45. The van der Waals surface area contributed by atoms with Crippen LogP contribution in [0.3, 0.4) is 0 Å². The Kier molecular flexibility index (Phi) is 3.78. The van der Waals surface area contributed by atoms with E-state index in [-0.39, 0.29) is 12.5 Å². The third kappa shape index (κ3) is 2.60. The number of amides is 1. The minimum absolute atomic E-state index is 0.0811. The number of halogens is 1. The van der Waals surface area contributed by atoms with E-state index in [9.17, 15) is 4.79 Å². The Labute approximate surface area is 111 Å². The molecule has 2 N–H and O–H groups in total. The smallest absolute Gasteiger partial charge is 0.228 e. The van der Waals surface area contributed by atoms with E-state index in [1.165, 1.54) is 0 Å². The maximum atomic E-state index is 11.8. The van der Waals surface area contributed by atoms with Crippen molar-refractivity contribution in [2.45, 2.75) is 19.4 Å². The molecule has 1 saturated carbocycles. The average Bonchev–Trinajstić information content (AvgIpc) is 3.17. The van der Waals surface area contributed by atoms with Crippen molar-refractivity contribution >= 4 is 17.5 Å². The minimum Gasteiger partial charge on any atom is -0.495 e. The molecule has 0 heterocycles. The molecule has 0 radical (unpaired) electrons. The number of hydrogen-bond acceptors (Lipinski definition) is 3. The Bertz CT molecular complexity index is 458. The quantitative estimate of drug-likeness (QED) is 0.856. The number of carbonyl (C=O) groups is 1. The number of carbonyl (C=O) groups excluding carboxylic acids is 1. The van der Waals surface area contributed by atoms with Crippen molar-refractivity contribution in [3.63, 3.8) is 0 Å². The molecule has 18 heavy (non-hydrogen) atoms. The van der Waals surface area contributed by atoms with Gasteiger partial charge in [-0.1, -0.05) is 17.7 Å². The molecule has 0 aliphatic heterocycles. The minimum atomic E-state index is -0.531. The summed E-state index contributed by atoms with van der Waals surface area (Å²) in [5.74, 6) is 0.526. The number of aliphatic hydroxyl groups excluding tert-OH is 1. The molecule has 1 aliphatic rings. The fourth-order valence-electron chi connectivity index (χ4n) is 1.80. The number of benzene rings is 1. The summed E-state index contributed by atoms with van der Waals surface area (Å²) in [7, 11) is 1.56. The van der Waals surface area contributed by atoms with Crippen molar-refractivity contribution in [3.05, 3.63) is 28.8 Å². The van der Waals surface area contributed by atoms with Crippen molar-refractivity contribution in [1.82, 2.24) is 5.32 Å². The summed E-state index contributed by atoms with van der Waals surface area (Å²) in [6.07, 6.45) is 1.53. The Morgan fingerprint density at radius 3 is 2.78 bits per heavy atom. The van der Waals surface area contributed by atoms with E-state index in [2.05, 4.69) is 5.32 Å². The van der Waals surface area contributed by atoms with Crippen LogP contribution in [0.5, 0.6) is 5.75 Å². The number of rotatable bonds is 5. The van der Waals surface area contributed by atoms with Gasteiger partial charge in [0.05, 0.1) is 24.2 Å². The van der Waals surface area contributed by atoms with Gasteiger partial charge in [-0.2, -0.15) is 0 Å². The summed E-state index contributed by atoms with van der Waals surface area (Å²) >= 11 is 6.00. The highest BCUT2D eigenvalue weighted by molar-refractivity contribution is 6.32. The first-order valence-electron chi connectivity index (χ1n) is 5.83. The van der Waals surface area contributed by atoms with Crippen molar-refractivity contribution in [2.24, 2.45) is 5.41 Å². The molecule has 0 unspecified atom stereocenters. The van der Waals surface area contributed by atoms with Gasteiger partial charge < -0.3 is 15.2 Å². The van der Waals surface area contributed by atoms with Crippen molar-refractivity contribution in [2.75, 3.05) is 13.7 Å². The first-order chi connectivity index (χ1) is 8.61. The van der Waals surface area contributed by atoms with Crippen LogP contribution in [0.15, 0.2) is 18.2 Å². The fourth-order valence-corrected chi connectivity index (χ4v) is 2.08. The standard InChI is InChI=1S/C13H16ClNO3/c1-18-11-3-2-9(6-10(11)14)7-15-12(17)13(8-16)4-5-13/h2-3,6,16H,4-5,7-8H2,1H3,(H,15,17). The molecular weight excluding hydrogens is 254 g/mol. The predicted molar refractivity (Wildman–Crippen MR) is 68.6 cm³/mol. The van der Waals surface area contributed by atoms with Crippen molar-refractivity contribution in [1.29, 1.82) is 0 Å². The SMILES string of the molecule is COc1ccc(CNC(=O)C2(CO)CC2)cc1Cl. The van der Waals surface area contributed by atoms with Crippen LogP contribution in [0.1, 0.15) is 18.4 Å². The van der Waals surface area contributed by atoms with E-state index in [0.29, 0.717) is 17.3 Å². The van der Waals surface area contributed by atoms with Gasteiger partial charge in [0.2, 0.25) is 5.91 Å². The Morgan fingerprint density at radius 1 is 1.56 bits per heavy atom. The van der Waals surface area contributed by atoms with Crippen LogP contribution >= 0.6 is 11.6 Å². The Balaban J connectivity index is 1.94. The van der Waals surface area contributed by atoms with Gasteiger partial charge in [0.15, 0.2) is 0 Å². The monoisotopic (exact) mass is 269 g/mol. The van der Waals surface area contributed by atoms with Crippen molar-refractivity contribution < 1.29 is 14.6 Å². The van der Waals surface area contributed by atoms with Gasteiger partial charge in [0, 0.05) is 6.54 Å². The number of aliphatic hydroxyl groups is 1. The molecule has 1 aromatic rings. The topological polar surface area (TPSA) is 58.6 Å². The molecule has 98 valence electrons. The second-order valence-corrected chi connectivity index (χ2v) is 5.00. The van der Waals surface area contributed by atoms with Gasteiger partial charge in [-0.3, -0.25) is 4.79 Å². The van der Waals surface area contributed by atoms with Crippen LogP contribution in [-0.4, -0.2) is 24.7 Å². The second-order valence-electron chi connectivity index (χ2n) is 4.59. The molecule has 4 nitrogen and oxygen atoms in total. The largest absolute Gasteiger partial charge is 0.495 e. The number of nitrogens with one attached hydrogen (secondary N) is 1. The molecule has 5 heteroatoms. The number of hydrogen-bond donors (Lipinski definition) is 2. The zero-order valence-corrected chi connectivity index (χ0v) is 11.0. The van der Waals surface area contributed by atoms with Crippen LogP contribution in [0.2, 0.25) is 5.02 Å². The molecule has 1 amide bonds. The van der Waals surface area contributed by atoms with Gasteiger partial charge in [-0.25, -0.2) is 0 Å². The lowest BCUT2D eigenvalue weighted by Gasteiger charge is -2.12. The van der Waals surface area contributed by atoms with Crippen LogP contribution in [0, 0.1) is 5.41 Å². The summed E-state index contributed by atoms with van der Waals surface area (Å²) in [5.41, 5.74) is 0.374. The van der Waals surface area contributed by atoms with Crippen LogP contribution < -0.4 is 10.1 Å². The van der Waals surface area contributed by atoms with Crippen LogP contribution in [0.25, 0.3) is 0 Å². The maximum Gasteiger partial charge on any atom is 0.228 e. The average molecular weight is 270 g/mol. The summed E-state index contributed by atoms with van der Waals surface area (Å²) < 4.78 is 5.05. The van der Waals surface area contributed by atoms with E-state index in [0.717, 1.165) is 18.4 Å². The molecule has 0 saturated heterocycles. The lowest BCUT2D eigenvalue weighted by Crippen LogP contribution is -2.33. The number of ether oxygens (including phenoxy) is 1. The first kappa shape index (κ1) is 13.2. The molecule has 2 rings (SSSR count). The van der Waals surface area contributed by atoms with Crippen LogP contribution in [-0.2, 0) is 11.3 Å². The van der Waals surface area contributed by atoms with E-state index in [1.54, 1.807) is 19.2 Å². The molecule has 0 bridgehead atoms. The second kappa shape index (κ2) is 5.16. The van der Waals surface area contributed by atoms with Crippen LogP contribution in [0.4, 0.5) is 0 Å². The molecule has 1 aliphatic carbocycles. The van der Waals surface area contributed by atoms with Gasteiger partial charge in [-0.05, 0) is 30.5 Å². The zero-order valence-electron chi connectivity index (χ0n) is 10.2. The summed E-state index contributed by atoms with van der Waals surface area (Å²) in [6.45, 7) is 0.326. The summed E-state index contributed by atoms with van der Waals surface area (Å²) in [5, 5.41) is 12.5. The zero-order chi connectivity index (χ0) is 13.2. The lowest BCUT2D eigenvalue weighted by atomic mass is 10.1. The van der Waals surface area contributed by atoms with E-state index in [1.807, 2.05) is 6.07 Å². The Hall–Kier alpha value is -1.26. The van der Waals surface area contributed by atoms with Gasteiger partial charge in [0.1, 0.15) is 5.75 Å². The normalized spacial score (nSPS) is 16.2. The van der Waals surface area contributed by atoms with Crippen molar-refractivity contribution in [3.8, 4) is 5.75 Å². The molecule has 0 spiro atoms. The van der Waals surface area contributed by atoms with Gasteiger partial charge in [-0.15, -0.1) is 0 Å². The van der Waals surface area contributed by atoms with Gasteiger partial charge in [0.25, 0.3) is 0 Å². The van der Waals surface area contributed by atoms with Gasteiger partial charge >= 0.3 is 0 Å². The molecule has 1 fully saturated rings. The van der Waals surface area contributed by atoms with E-state index >= 15 is 0 Å². The third-order valence-corrected chi connectivity index (χ3v) is 3.60. The predicted octanol–water partition coefficient (Wildman–Crippen LogP) is 1.74. The highest BCUT2D eigenvalue weighted by atomic mass is 35.5. The molecular formula is C13H16ClNO3. The third-order valence-electron chi connectivity index (χ3n) is 3.31. The van der Waals surface area contributed by atoms with E-state index < -0.39 is 5.41 Å². The summed E-state index contributed by atoms with van der Waals surface area (Å²) in [6, 6.07) is 5.38. The highest BCUT2D eigenvalue weighted by Gasteiger charge is 2.49. The first-order valence-corrected chi connectivity index (χ1v) is 6.21. The molecule has 1 aromatic carbocycles. The Morgan fingerprint density at radius 2 is 2.28 bits per heavy atom. The fraction of sp³-hybridized carbons (Fsp3) is 0.462. The molecule has 0 aromatic heterocycles. The van der Waals surface area contributed by atoms with E-state index in [4.69, 9.17) is 21.4 Å². The molecule has 0 atom stereocenters. The maximum absolute atomic E-state index is 11.8. The summed E-state index contributed by atoms with van der Waals surface area (Å²) in [4.78, 5) is 11.8.